The molecule has 4 heterocycles. The van der Waals surface area contributed by atoms with Gasteiger partial charge in [0.05, 0.1) is 24.3 Å². The maximum absolute atomic E-state index is 14.7. The fraction of sp³-hybridized carbons (Fsp3) is 0.150. The number of H-pyrrole nitrogens is 1. The zero-order valence-electron chi connectivity index (χ0n) is 15.8. The molecule has 0 aliphatic carbocycles. The first kappa shape index (κ1) is 18.4. The average molecular weight is 423 g/mol. The highest BCUT2D eigenvalue weighted by Gasteiger charge is 2.22. The van der Waals surface area contributed by atoms with Crippen LogP contribution >= 0.6 is 11.6 Å². The molecule has 0 saturated carbocycles. The summed E-state index contributed by atoms with van der Waals surface area (Å²) in [4.78, 5) is 20.1. The van der Waals surface area contributed by atoms with Crippen LogP contribution in [-0.4, -0.2) is 34.5 Å². The number of nitrogens with one attached hydrogen (secondary N) is 2. The molecule has 10 heteroatoms. The number of benzene rings is 1. The van der Waals surface area contributed by atoms with E-state index in [0.29, 0.717) is 45.5 Å². The molecule has 0 saturated heterocycles. The Morgan fingerprint density at radius 1 is 1.20 bits per heavy atom. The third-order valence-electron chi connectivity index (χ3n) is 4.92. The van der Waals surface area contributed by atoms with Crippen molar-refractivity contribution in [1.82, 2.24) is 34.5 Å². The molecule has 8 nitrogen and oxygen atoms in total. The molecule has 0 aliphatic rings. The molecule has 0 unspecified atom stereocenters. The minimum Gasteiger partial charge on any atom is -0.361 e. The molecule has 0 amide bonds. The number of rotatable bonds is 5. The highest BCUT2D eigenvalue weighted by atomic mass is 35.5. The van der Waals surface area contributed by atoms with Crippen molar-refractivity contribution >= 4 is 34.2 Å². The monoisotopic (exact) mass is 422 g/mol. The van der Waals surface area contributed by atoms with Crippen LogP contribution in [0.3, 0.4) is 0 Å². The summed E-state index contributed by atoms with van der Waals surface area (Å²) in [5, 5.41) is 8.38. The van der Waals surface area contributed by atoms with Crippen molar-refractivity contribution in [2.75, 3.05) is 5.32 Å². The SMILES string of the molecule is CC[C@H](Nc1ncnc2[nH]cnc12)c1cc2ncc(Cl)n2nc1-c1ccccc1F. The summed E-state index contributed by atoms with van der Waals surface area (Å²) >= 11 is 6.22. The molecule has 0 bridgehead atoms. The predicted molar refractivity (Wildman–Crippen MR) is 112 cm³/mol. The van der Waals surface area contributed by atoms with Crippen molar-refractivity contribution in [3.8, 4) is 11.3 Å². The van der Waals surface area contributed by atoms with Crippen molar-refractivity contribution in [1.29, 1.82) is 0 Å². The Balaban J connectivity index is 1.68. The van der Waals surface area contributed by atoms with Gasteiger partial charge in [-0.05, 0) is 24.6 Å². The van der Waals surface area contributed by atoms with Crippen LogP contribution in [-0.2, 0) is 0 Å². The minimum atomic E-state index is -0.367. The van der Waals surface area contributed by atoms with Gasteiger partial charge in [-0.2, -0.15) is 5.10 Å². The minimum absolute atomic E-state index is 0.234. The van der Waals surface area contributed by atoms with Gasteiger partial charge in [-0.1, -0.05) is 30.7 Å². The average Bonchev–Trinajstić information content (AvgIpc) is 3.39. The molecular weight excluding hydrogens is 407 g/mol. The van der Waals surface area contributed by atoms with Gasteiger partial charge in [0.2, 0.25) is 0 Å². The van der Waals surface area contributed by atoms with Crippen molar-refractivity contribution in [2.24, 2.45) is 0 Å². The van der Waals surface area contributed by atoms with Crippen LogP contribution in [0.1, 0.15) is 24.9 Å². The molecule has 2 N–H and O–H groups in total. The number of aromatic amines is 1. The van der Waals surface area contributed by atoms with Crippen molar-refractivity contribution in [2.45, 2.75) is 19.4 Å². The van der Waals surface area contributed by atoms with Crippen LogP contribution < -0.4 is 5.32 Å². The highest BCUT2D eigenvalue weighted by molar-refractivity contribution is 6.29. The zero-order chi connectivity index (χ0) is 20.7. The van der Waals surface area contributed by atoms with E-state index in [1.54, 1.807) is 24.5 Å². The van der Waals surface area contributed by atoms with Crippen molar-refractivity contribution < 1.29 is 4.39 Å². The predicted octanol–water partition coefficient (Wildman–Crippen LogP) is 4.42. The molecule has 1 aromatic carbocycles. The highest BCUT2D eigenvalue weighted by Crippen LogP contribution is 2.33. The molecule has 150 valence electrons. The first-order valence-corrected chi connectivity index (χ1v) is 9.73. The maximum atomic E-state index is 14.7. The lowest BCUT2D eigenvalue weighted by Crippen LogP contribution is -2.15. The molecular formula is C20H16ClFN8. The third-order valence-corrected chi connectivity index (χ3v) is 5.18. The van der Waals surface area contributed by atoms with E-state index in [1.165, 1.54) is 23.1 Å². The number of anilines is 1. The maximum Gasteiger partial charge on any atom is 0.162 e. The molecule has 0 fully saturated rings. The number of hydrogen-bond acceptors (Lipinski definition) is 6. The van der Waals surface area contributed by atoms with Gasteiger partial charge in [-0.15, -0.1) is 0 Å². The molecule has 1 atom stereocenters. The summed E-state index contributed by atoms with van der Waals surface area (Å²) in [6.07, 6.45) is 5.23. The van der Waals surface area contributed by atoms with Gasteiger partial charge in [0.25, 0.3) is 0 Å². The topological polar surface area (TPSA) is 96.7 Å². The number of aromatic nitrogens is 7. The molecule has 0 spiro atoms. The number of imidazole rings is 2. The van der Waals surface area contributed by atoms with Gasteiger partial charge in [0.15, 0.2) is 22.3 Å². The standard InChI is InChI=1S/C20H16ClFN8/c1-2-14(28-20-18-19(25-9-24-18)26-10-27-20)12-7-16-23-8-15(21)30(16)29-17(12)11-5-3-4-6-13(11)22/h3-10,14H,2H2,1H3,(H2,24,25,26,27,28)/t14-/m0/s1. The Morgan fingerprint density at radius 2 is 2.07 bits per heavy atom. The van der Waals surface area contributed by atoms with E-state index in [9.17, 15) is 4.39 Å². The summed E-state index contributed by atoms with van der Waals surface area (Å²) in [6, 6.07) is 8.16. The van der Waals surface area contributed by atoms with Crippen LogP contribution in [0.25, 0.3) is 28.1 Å². The number of halogens is 2. The number of hydrogen-bond donors (Lipinski definition) is 2. The second-order valence-corrected chi connectivity index (χ2v) is 7.09. The van der Waals surface area contributed by atoms with Gasteiger partial charge in [0.1, 0.15) is 17.7 Å². The lowest BCUT2D eigenvalue weighted by atomic mass is 9.98. The van der Waals surface area contributed by atoms with Crippen molar-refractivity contribution in [3.05, 3.63) is 65.7 Å². The normalized spacial score (nSPS) is 12.5. The Hall–Kier alpha value is -3.59. The van der Waals surface area contributed by atoms with E-state index in [1.807, 2.05) is 13.0 Å². The van der Waals surface area contributed by atoms with Crippen LogP contribution in [0.5, 0.6) is 0 Å². The van der Waals surface area contributed by atoms with E-state index >= 15 is 0 Å². The Bertz CT molecular complexity index is 1360. The summed E-state index contributed by atoms with van der Waals surface area (Å²) in [5.41, 5.74) is 3.47. The molecule has 0 aliphatic heterocycles. The van der Waals surface area contributed by atoms with Crippen LogP contribution in [0.2, 0.25) is 5.15 Å². The molecule has 4 aromatic heterocycles. The van der Waals surface area contributed by atoms with Crippen molar-refractivity contribution in [3.63, 3.8) is 0 Å². The van der Waals surface area contributed by atoms with Gasteiger partial charge < -0.3 is 10.3 Å². The van der Waals surface area contributed by atoms with E-state index in [-0.39, 0.29) is 11.9 Å². The lowest BCUT2D eigenvalue weighted by molar-refractivity contribution is 0.629. The lowest BCUT2D eigenvalue weighted by Gasteiger charge is -2.21. The van der Waals surface area contributed by atoms with Crippen LogP contribution in [0, 0.1) is 5.82 Å². The number of nitrogens with zero attached hydrogens (tertiary/aromatic N) is 6. The van der Waals surface area contributed by atoms with Gasteiger partial charge in [-0.3, -0.25) is 0 Å². The smallest absolute Gasteiger partial charge is 0.162 e. The third kappa shape index (κ3) is 3.03. The van der Waals surface area contributed by atoms with E-state index in [2.05, 4.69) is 35.3 Å². The fourth-order valence-corrected chi connectivity index (χ4v) is 3.64. The molecule has 5 aromatic rings. The fourth-order valence-electron chi connectivity index (χ4n) is 3.46. The van der Waals surface area contributed by atoms with E-state index in [4.69, 9.17) is 11.6 Å². The summed E-state index contributed by atoms with van der Waals surface area (Å²) in [6.45, 7) is 2.02. The Labute approximate surface area is 175 Å². The van der Waals surface area contributed by atoms with Gasteiger partial charge in [-0.25, -0.2) is 28.8 Å². The first-order chi connectivity index (χ1) is 14.7. The van der Waals surface area contributed by atoms with E-state index in [0.717, 1.165) is 5.56 Å². The first-order valence-electron chi connectivity index (χ1n) is 9.35. The summed E-state index contributed by atoms with van der Waals surface area (Å²) in [5.74, 6) is 0.210. The summed E-state index contributed by atoms with van der Waals surface area (Å²) < 4.78 is 16.2. The molecule has 30 heavy (non-hydrogen) atoms. The second-order valence-electron chi connectivity index (χ2n) is 6.71. The summed E-state index contributed by atoms with van der Waals surface area (Å²) in [7, 11) is 0. The van der Waals surface area contributed by atoms with Gasteiger partial charge in [0, 0.05) is 11.1 Å². The second kappa shape index (κ2) is 7.34. The largest absolute Gasteiger partial charge is 0.361 e. The van der Waals surface area contributed by atoms with Crippen LogP contribution in [0.15, 0.2) is 49.2 Å². The zero-order valence-corrected chi connectivity index (χ0v) is 16.6. The molecule has 5 rings (SSSR count). The quantitative estimate of drug-likeness (QED) is 0.435. The molecule has 0 radical (unpaired) electrons. The number of fused-ring (bicyclic) bond motifs is 2. The van der Waals surface area contributed by atoms with Crippen LogP contribution in [0.4, 0.5) is 10.2 Å². The Kier molecular flexibility index (Phi) is 4.51. The van der Waals surface area contributed by atoms with Gasteiger partial charge >= 0.3 is 0 Å². The Morgan fingerprint density at radius 3 is 2.90 bits per heavy atom. The van der Waals surface area contributed by atoms with E-state index < -0.39 is 0 Å².